The first kappa shape index (κ1) is 14.3. The molecule has 1 atom stereocenters. The average Bonchev–Trinajstić information content (AvgIpc) is 2.77. The number of rotatable bonds is 2. The van der Waals surface area contributed by atoms with E-state index >= 15 is 0 Å². The van der Waals surface area contributed by atoms with E-state index in [4.69, 9.17) is 18.0 Å². The molecule has 1 aromatic rings. The summed E-state index contributed by atoms with van der Waals surface area (Å²) in [6.45, 7) is 11.0. The summed E-state index contributed by atoms with van der Waals surface area (Å²) in [6.07, 6.45) is 1.20. The minimum Gasteiger partial charge on any atom is -0.389 e. The van der Waals surface area contributed by atoms with Crippen LogP contribution >= 0.6 is 12.2 Å². The normalized spacial score (nSPS) is 19.8. The Hall–Kier alpha value is -1.16. The number of thiocarbonyl (C=S) groups is 1. The van der Waals surface area contributed by atoms with E-state index in [1.165, 1.54) is 6.42 Å². The molecule has 1 aliphatic heterocycles. The van der Waals surface area contributed by atoms with Crippen LogP contribution in [-0.4, -0.2) is 23.1 Å². The molecule has 1 aromatic heterocycles. The lowest BCUT2D eigenvalue weighted by molar-refractivity contribution is 0.263. The summed E-state index contributed by atoms with van der Waals surface area (Å²) < 4.78 is 0. The van der Waals surface area contributed by atoms with Crippen LogP contribution in [0, 0.1) is 18.3 Å². The summed E-state index contributed by atoms with van der Waals surface area (Å²) in [7, 11) is 0. The van der Waals surface area contributed by atoms with Crippen LogP contribution in [0.4, 0.5) is 5.82 Å². The van der Waals surface area contributed by atoms with Gasteiger partial charge in [0.05, 0.1) is 5.56 Å². The number of anilines is 1. The quantitative estimate of drug-likeness (QED) is 0.844. The number of pyridine rings is 1. The molecule has 0 radical (unpaired) electrons. The number of nitrogens with two attached hydrogens (primary N) is 1. The second kappa shape index (κ2) is 5.08. The number of aromatic nitrogens is 1. The van der Waals surface area contributed by atoms with Crippen LogP contribution in [-0.2, 0) is 0 Å². The van der Waals surface area contributed by atoms with Gasteiger partial charge in [-0.1, -0.05) is 33.0 Å². The molecule has 0 saturated carbocycles. The first-order chi connectivity index (χ1) is 8.79. The van der Waals surface area contributed by atoms with Crippen molar-refractivity contribution in [3.63, 3.8) is 0 Å². The maximum atomic E-state index is 5.82. The van der Waals surface area contributed by atoms with Crippen molar-refractivity contribution in [2.45, 2.75) is 34.1 Å². The van der Waals surface area contributed by atoms with Gasteiger partial charge in [-0.3, -0.25) is 0 Å². The van der Waals surface area contributed by atoms with Crippen molar-refractivity contribution in [1.82, 2.24) is 4.98 Å². The maximum absolute atomic E-state index is 5.82. The molecule has 0 bridgehead atoms. The Morgan fingerprint density at radius 1 is 1.42 bits per heavy atom. The van der Waals surface area contributed by atoms with E-state index < -0.39 is 0 Å². The van der Waals surface area contributed by atoms with Crippen LogP contribution in [0.1, 0.15) is 38.4 Å². The molecule has 2 N–H and O–H groups in total. The monoisotopic (exact) mass is 277 g/mol. The van der Waals surface area contributed by atoms with E-state index in [0.29, 0.717) is 16.3 Å². The zero-order valence-corrected chi connectivity index (χ0v) is 13.0. The topological polar surface area (TPSA) is 42.1 Å². The minimum absolute atomic E-state index is 0.335. The van der Waals surface area contributed by atoms with Crippen LogP contribution in [0.15, 0.2) is 12.1 Å². The Labute approximate surface area is 121 Å². The lowest BCUT2D eigenvalue weighted by Crippen LogP contribution is -2.28. The van der Waals surface area contributed by atoms with Gasteiger partial charge in [-0.2, -0.15) is 0 Å². The highest BCUT2D eigenvalue weighted by atomic mass is 32.1. The molecular formula is C15H23N3S. The van der Waals surface area contributed by atoms with E-state index in [1.54, 1.807) is 0 Å². The van der Waals surface area contributed by atoms with Gasteiger partial charge in [0.2, 0.25) is 0 Å². The Bertz CT molecular complexity index is 491. The molecule has 0 aromatic carbocycles. The van der Waals surface area contributed by atoms with Crippen molar-refractivity contribution >= 4 is 23.0 Å². The van der Waals surface area contributed by atoms with Gasteiger partial charge in [-0.05, 0) is 36.8 Å². The molecular weight excluding hydrogens is 254 g/mol. The average molecular weight is 277 g/mol. The second-order valence-corrected chi connectivity index (χ2v) is 6.93. The van der Waals surface area contributed by atoms with E-state index in [0.717, 1.165) is 30.2 Å². The van der Waals surface area contributed by atoms with Gasteiger partial charge in [0.15, 0.2) is 0 Å². The van der Waals surface area contributed by atoms with Crippen LogP contribution in [0.5, 0.6) is 0 Å². The number of aryl methyl sites for hydroxylation is 1. The van der Waals surface area contributed by atoms with Gasteiger partial charge in [0, 0.05) is 18.8 Å². The smallest absolute Gasteiger partial charge is 0.139 e. The third-order valence-corrected chi connectivity index (χ3v) is 4.21. The Morgan fingerprint density at radius 2 is 2.11 bits per heavy atom. The molecule has 0 amide bonds. The highest BCUT2D eigenvalue weighted by Gasteiger charge is 2.33. The fourth-order valence-corrected chi connectivity index (χ4v) is 2.80. The largest absolute Gasteiger partial charge is 0.389 e. The van der Waals surface area contributed by atoms with Crippen molar-refractivity contribution in [1.29, 1.82) is 0 Å². The maximum Gasteiger partial charge on any atom is 0.139 e. The second-order valence-electron chi connectivity index (χ2n) is 6.49. The molecule has 19 heavy (non-hydrogen) atoms. The fraction of sp³-hybridized carbons (Fsp3) is 0.600. The first-order valence-electron chi connectivity index (χ1n) is 6.81. The van der Waals surface area contributed by atoms with Crippen molar-refractivity contribution in [2.24, 2.45) is 17.1 Å². The molecule has 4 heteroatoms. The zero-order valence-electron chi connectivity index (χ0n) is 12.2. The van der Waals surface area contributed by atoms with Gasteiger partial charge in [0.1, 0.15) is 10.8 Å². The summed E-state index contributed by atoms with van der Waals surface area (Å²) >= 11 is 5.14. The molecule has 1 aliphatic rings. The van der Waals surface area contributed by atoms with Crippen LogP contribution in [0.25, 0.3) is 0 Å². The van der Waals surface area contributed by atoms with Gasteiger partial charge in [0.25, 0.3) is 0 Å². The molecule has 1 unspecified atom stereocenters. The first-order valence-corrected chi connectivity index (χ1v) is 7.22. The predicted molar refractivity (Wildman–Crippen MR) is 84.6 cm³/mol. The number of nitrogens with zero attached hydrogens (tertiary/aromatic N) is 2. The van der Waals surface area contributed by atoms with Gasteiger partial charge >= 0.3 is 0 Å². The summed E-state index contributed by atoms with van der Waals surface area (Å²) in [5, 5.41) is 0. The van der Waals surface area contributed by atoms with Gasteiger partial charge in [-0.25, -0.2) is 4.98 Å². The van der Waals surface area contributed by atoms with Crippen LogP contribution in [0.3, 0.4) is 0 Å². The highest BCUT2D eigenvalue weighted by molar-refractivity contribution is 7.80. The third kappa shape index (κ3) is 3.06. The molecule has 0 aliphatic carbocycles. The molecule has 1 saturated heterocycles. The van der Waals surface area contributed by atoms with Crippen molar-refractivity contribution < 1.29 is 0 Å². The van der Waals surface area contributed by atoms with E-state index in [2.05, 4.69) is 30.7 Å². The van der Waals surface area contributed by atoms with E-state index in [9.17, 15) is 0 Å². The van der Waals surface area contributed by atoms with E-state index in [-0.39, 0.29) is 0 Å². The summed E-state index contributed by atoms with van der Waals surface area (Å²) in [6, 6.07) is 3.96. The molecule has 0 spiro atoms. The lowest BCUT2D eigenvalue weighted by Gasteiger charge is -2.27. The molecule has 1 fully saturated rings. The summed E-state index contributed by atoms with van der Waals surface area (Å²) in [5.74, 6) is 1.65. The van der Waals surface area contributed by atoms with Crippen LogP contribution < -0.4 is 10.6 Å². The Balaban J connectivity index is 2.28. The molecule has 2 heterocycles. The SMILES string of the molecule is Cc1ccc(C(N)=S)c(N2CCC(C(C)(C)C)C2)n1. The summed E-state index contributed by atoms with van der Waals surface area (Å²) in [5.41, 5.74) is 8.06. The van der Waals surface area contributed by atoms with Crippen molar-refractivity contribution in [2.75, 3.05) is 18.0 Å². The standard InChI is InChI=1S/C15H23N3S/c1-10-5-6-12(13(16)19)14(17-10)18-8-7-11(9-18)15(2,3)4/h5-6,11H,7-9H2,1-4H3,(H2,16,19). The fourth-order valence-electron chi connectivity index (χ4n) is 2.64. The van der Waals surface area contributed by atoms with Crippen LogP contribution in [0.2, 0.25) is 0 Å². The minimum atomic E-state index is 0.335. The highest BCUT2D eigenvalue weighted by Crippen LogP contribution is 2.36. The Morgan fingerprint density at radius 3 is 2.63 bits per heavy atom. The molecule has 3 nitrogen and oxygen atoms in total. The molecule has 104 valence electrons. The van der Waals surface area contributed by atoms with Gasteiger partial charge in [-0.15, -0.1) is 0 Å². The number of hydrogen-bond donors (Lipinski definition) is 1. The van der Waals surface area contributed by atoms with Gasteiger partial charge < -0.3 is 10.6 Å². The molecule has 2 rings (SSSR count). The summed E-state index contributed by atoms with van der Waals surface area (Å²) in [4.78, 5) is 7.41. The number of hydrogen-bond acceptors (Lipinski definition) is 3. The van der Waals surface area contributed by atoms with E-state index in [1.807, 2.05) is 19.1 Å². The Kier molecular flexibility index (Phi) is 3.81. The van der Waals surface area contributed by atoms with Crippen molar-refractivity contribution in [3.05, 3.63) is 23.4 Å². The third-order valence-electron chi connectivity index (χ3n) is 3.99. The lowest BCUT2D eigenvalue weighted by atomic mass is 9.80. The predicted octanol–water partition coefficient (Wildman–Crippen LogP) is 2.90. The zero-order chi connectivity index (χ0) is 14.2. The van der Waals surface area contributed by atoms with Crippen molar-refractivity contribution in [3.8, 4) is 0 Å².